The van der Waals surface area contributed by atoms with Crippen molar-refractivity contribution in [1.82, 2.24) is 19.2 Å². The van der Waals surface area contributed by atoms with Crippen molar-refractivity contribution in [1.29, 1.82) is 0 Å². The smallest absolute Gasteiger partial charge is 0.333 e. The lowest BCUT2D eigenvalue weighted by molar-refractivity contribution is -0.131. The van der Waals surface area contributed by atoms with E-state index in [2.05, 4.69) is 5.10 Å². The van der Waals surface area contributed by atoms with Crippen molar-refractivity contribution in [3.05, 3.63) is 51.0 Å². The van der Waals surface area contributed by atoms with Crippen molar-refractivity contribution in [2.45, 2.75) is 25.9 Å². The van der Waals surface area contributed by atoms with Crippen LogP contribution in [0.2, 0.25) is 0 Å². The van der Waals surface area contributed by atoms with E-state index in [0.717, 1.165) is 23.2 Å². The first kappa shape index (κ1) is 15.6. The molecular formula is C17H19N5O3. The molecule has 1 aromatic heterocycles. The van der Waals surface area contributed by atoms with E-state index >= 15 is 0 Å². The summed E-state index contributed by atoms with van der Waals surface area (Å²) in [5, 5.41) is 4.33. The number of likely N-dealkylation sites (tertiary alicyclic amines) is 1. The maximum atomic E-state index is 12.4. The van der Waals surface area contributed by atoms with Crippen LogP contribution in [0, 0.1) is 0 Å². The van der Waals surface area contributed by atoms with E-state index in [0.29, 0.717) is 32.1 Å². The minimum atomic E-state index is -0.744. The Labute approximate surface area is 143 Å². The molecule has 0 saturated carbocycles. The van der Waals surface area contributed by atoms with Crippen LogP contribution in [0.1, 0.15) is 12.8 Å². The van der Waals surface area contributed by atoms with Crippen LogP contribution in [-0.2, 0) is 17.9 Å². The molecule has 25 heavy (non-hydrogen) atoms. The molecule has 8 nitrogen and oxygen atoms in total. The van der Waals surface area contributed by atoms with E-state index in [-0.39, 0.29) is 12.5 Å². The standard InChI is InChI=1S/C17H19N5O3/c23-14(19-8-4-5-9-19)12-22-16(25)15(24)21-11-10-20(17(21)18-22)13-6-2-1-3-7-13/h1-3,6-7H,4-5,8-12H2. The Morgan fingerprint density at radius 1 is 0.960 bits per heavy atom. The monoisotopic (exact) mass is 341 g/mol. The molecule has 2 aliphatic rings. The number of hydrogen-bond acceptors (Lipinski definition) is 5. The highest BCUT2D eigenvalue weighted by Crippen LogP contribution is 2.25. The summed E-state index contributed by atoms with van der Waals surface area (Å²) in [7, 11) is 0. The number of fused-ring (bicyclic) bond motifs is 1. The highest BCUT2D eigenvalue weighted by molar-refractivity contribution is 5.76. The fourth-order valence-electron chi connectivity index (χ4n) is 3.38. The Bertz CT molecular complexity index is 912. The van der Waals surface area contributed by atoms with Gasteiger partial charge in [-0.3, -0.25) is 19.0 Å². The van der Waals surface area contributed by atoms with E-state index in [1.165, 1.54) is 4.57 Å². The maximum Gasteiger partial charge on any atom is 0.333 e. The van der Waals surface area contributed by atoms with Gasteiger partial charge in [0.25, 0.3) is 0 Å². The minimum absolute atomic E-state index is 0.166. The van der Waals surface area contributed by atoms with E-state index in [1.54, 1.807) is 4.90 Å². The predicted octanol–water partition coefficient (Wildman–Crippen LogP) is 0.179. The third-order valence-electron chi connectivity index (χ3n) is 4.71. The van der Waals surface area contributed by atoms with Crippen LogP contribution in [-0.4, -0.2) is 44.8 Å². The summed E-state index contributed by atoms with van der Waals surface area (Å²) in [6.07, 6.45) is 1.95. The number of amides is 1. The van der Waals surface area contributed by atoms with Crippen LogP contribution in [0.5, 0.6) is 0 Å². The highest BCUT2D eigenvalue weighted by Gasteiger charge is 2.27. The second-order valence-electron chi connectivity index (χ2n) is 6.29. The van der Waals surface area contributed by atoms with Crippen molar-refractivity contribution in [2.75, 3.05) is 24.5 Å². The largest absolute Gasteiger partial charge is 0.341 e. The number of carbonyl (C=O) groups excluding carboxylic acids is 1. The lowest BCUT2D eigenvalue weighted by atomic mass is 10.3. The third kappa shape index (κ3) is 2.73. The first-order chi connectivity index (χ1) is 12.1. The fraction of sp³-hybridized carbons (Fsp3) is 0.412. The van der Waals surface area contributed by atoms with Gasteiger partial charge in [-0.1, -0.05) is 18.2 Å². The lowest BCUT2D eigenvalue weighted by Gasteiger charge is -2.19. The Morgan fingerprint density at radius 2 is 1.68 bits per heavy atom. The van der Waals surface area contributed by atoms with E-state index in [1.807, 2.05) is 35.2 Å². The van der Waals surface area contributed by atoms with Crippen molar-refractivity contribution in [3.63, 3.8) is 0 Å². The molecule has 0 spiro atoms. The molecule has 1 saturated heterocycles. The summed E-state index contributed by atoms with van der Waals surface area (Å²) in [6, 6.07) is 9.57. The van der Waals surface area contributed by atoms with E-state index < -0.39 is 11.1 Å². The van der Waals surface area contributed by atoms with Gasteiger partial charge < -0.3 is 9.80 Å². The van der Waals surface area contributed by atoms with Crippen LogP contribution < -0.4 is 16.0 Å². The number of nitrogens with zero attached hydrogens (tertiary/aromatic N) is 5. The van der Waals surface area contributed by atoms with Gasteiger partial charge in [-0.25, -0.2) is 4.68 Å². The van der Waals surface area contributed by atoms with Gasteiger partial charge in [0.2, 0.25) is 11.9 Å². The van der Waals surface area contributed by atoms with Gasteiger partial charge in [-0.15, -0.1) is 5.10 Å². The number of anilines is 2. The number of benzene rings is 1. The van der Waals surface area contributed by atoms with Gasteiger partial charge in [-0.2, -0.15) is 0 Å². The summed E-state index contributed by atoms with van der Waals surface area (Å²) < 4.78 is 2.39. The van der Waals surface area contributed by atoms with E-state index in [9.17, 15) is 14.4 Å². The summed E-state index contributed by atoms with van der Waals surface area (Å²) in [5.74, 6) is 0.241. The van der Waals surface area contributed by atoms with Gasteiger partial charge in [0.05, 0.1) is 0 Å². The molecule has 2 aliphatic heterocycles. The predicted molar refractivity (Wildman–Crippen MR) is 92.0 cm³/mol. The van der Waals surface area contributed by atoms with Gasteiger partial charge in [0.1, 0.15) is 6.54 Å². The van der Waals surface area contributed by atoms with Gasteiger partial charge in [-0.05, 0) is 25.0 Å². The SMILES string of the molecule is O=C(Cn1nc2n(c(=O)c1=O)CCN2c1ccccc1)N1CCCC1. The van der Waals surface area contributed by atoms with Crippen LogP contribution in [0.15, 0.2) is 39.9 Å². The summed E-state index contributed by atoms with van der Waals surface area (Å²) in [4.78, 5) is 40.6. The van der Waals surface area contributed by atoms with Gasteiger partial charge >= 0.3 is 11.1 Å². The molecular weight excluding hydrogens is 322 g/mol. The number of para-hydroxylation sites is 1. The molecule has 0 unspecified atom stereocenters. The zero-order chi connectivity index (χ0) is 17.4. The molecule has 0 bridgehead atoms. The number of hydrogen-bond donors (Lipinski definition) is 0. The second kappa shape index (κ2) is 6.19. The third-order valence-corrected chi connectivity index (χ3v) is 4.71. The first-order valence-electron chi connectivity index (χ1n) is 8.47. The minimum Gasteiger partial charge on any atom is -0.341 e. The Morgan fingerprint density at radius 3 is 2.40 bits per heavy atom. The molecule has 0 N–H and O–H groups in total. The first-order valence-corrected chi connectivity index (χ1v) is 8.47. The van der Waals surface area contributed by atoms with Crippen molar-refractivity contribution >= 4 is 17.5 Å². The average molecular weight is 341 g/mol. The molecule has 1 amide bonds. The maximum absolute atomic E-state index is 12.4. The van der Waals surface area contributed by atoms with Crippen molar-refractivity contribution < 1.29 is 4.79 Å². The van der Waals surface area contributed by atoms with Crippen LogP contribution in [0.3, 0.4) is 0 Å². The molecule has 0 aliphatic carbocycles. The normalized spacial score (nSPS) is 16.3. The lowest BCUT2D eigenvalue weighted by Crippen LogP contribution is -2.45. The molecule has 0 atom stereocenters. The Balaban J connectivity index is 1.70. The number of rotatable bonds is 3. The number of aromatic nitrogens is 3. The van der Waals surface area contributed by atoms with E-state index in [4.69, 9.17) is 0 Å². The van der Waals surface area contributed by atoms with Crippen LogP contribution in [0.25, 0.3) is 0 Å². The molecule has 8 heteroatoms. The Kier molecular flexibility index (Phi) is 3.87. The highest BCUT2D eigenvalue weighted by atomic mass is 16.2. The van der Waals surface area contributed by atoms with Crippen LogP contribution >= 0.6 is 0 Å². The summed E-state index contributed by atoms with van der Waals surface area (Å²) >= 11 is 0. The number of carbonyl (C=O) groups is 1. The summed E-state index contributed by atoms with van der Waals surface area (Å²) in [5.41, 5.74) is -0.472. The molecule has 3 heterocycles. The van der Waals surface area contributed by atoms with Crippen molar-refractivity contribution in [3.8, 4) is 0 Å². The Hall–Kier alpha value is -2.90. The molecule has 4 rings (SSSR count). The second-order valence-corrected chi connectivity index (χ2v) is 6.29. The topological polar surface area (TPSA) is 80.4 Å². The molecule has 2 aromatic rings. The molecule has 1 aromatic carbocycles. The fourth-order valence-corrected chi connectivity index (χ4v) is 3.38. The molecule has 1 fully saturated rings. The summed E-state index contributed by atoms with van der Waals surface area (Å²) in [6.45, 7) is 2.19. The molecule has 0 radical (unpaired) electrons. The van der Waals surface area contributed by atoms with Gasteiger partial charge in [0, 0.05) is 31.9 Å². The van der Waals surface area contributed by atoms with Gasteiger partial charge in [0.15, 0.2) is 0 Å². The molecule has 130 valence electrons. The van der Waals surface area contributed by atoms with Crippen LogP contribution in [0.4, 0.5) is 11.6 Å². The zero-order valence-electron chi connectivity index (χ0n) is 13.8. The quantitative estimate of drug-likeness (QED) is 0.744. The zero-order valence-corrected chi connectivity index (χ0v) is 13.8. The van der Waals surface area contributed by atoms with Crippen molar-refractivity contribution in [2.24, 2.45) is 0 Å². The average Bonchev–Trinajstić information content (AvgIpc) is 3.30.